The average Bonchev–Trinajstić information content (AvgIpc) is 2.71. The molecule has 0 saturated heterocycles. The molecule has 0 amide bonds. The van der Waals surface area contributed by atoms with Gasteiger partial charge in [0, 0.05) is 19.0 Å². The lowest BCUT2D eigenvalue weighted by Crippen LogP contribution is -2.16. The van der Waals surface area contributed by atoms with Crippen molar-refractivity contribution < 1.29 is 14.3 Å². The highest BCUT2D eigenvalue weighted by Crippen LogP contribution is 2.25. The van der Waals surface area contributed by atoms with E-state index in [4.69, 9.17) is 0 Å². The van der Waals surface area contributed by atoms with Crippen LogP contribution in [0, 0.1) is 19.7 Å². The molecule has 1 heterocycles. The maximum absolute atomic E-state index is 13.1. The molecule has 30 heavy (non-hydrogen) atoms. The van der Waals surface area contributed by atoms with E-state index in [-0.39, 0.29) is 22.5 Å². The van der Waals surface area contributed by atoms with Gasteiger partial charge >= 0.3 is 0 Å². The lowest BCUT2D eigenvalue weighted by atomic mass is 10.1. The van der Waals surface area contributed by atoms with Gasteiger partial charge < -0.3 is 10.0 Å². The first-order valence-electron chi connectivity index (χ1n) is 9.12. The van der Waals surface area contributed by atoms with Crippen molar-refractivity contribution in [2.45, 2.75) is 18.7 Å². The third-order valence-corrected chi connectivity index (χ3v) is 5.06. The number of rotatable bonds is 5. The molecule has 0 aliphatic heterocycles. The average molecular weight is 425 g/mol. The summed E-state index contributed by atoms with van der Waals surface area (Å²) in [6, 6.07) is 9.35. The lowest BCUT2D eigenvalue weighted by molar-refractivity contribution is 0.108. The van der Waals surface area contributed by atoms with Crippen LogP contribution >= 0.6 is 11.8 Å². The fourth-order valence-electron chi connectivity index (χ4n) is 2.66. The second kappa shape index (κ2) is 9.04. The molecular weight excluding hydrogens is 403 g/mol. The van der Waals surface area contributed by atoms with E-state index in [1.165, 1.54) is 24.3 Å². The summed E-state index contributed by atoms with van der Waals surface area (Å²) in [5.74, 6) is 0.605. The minimum absolute atomic E-state index is 0.0146. The SMILES string of the molecule is Cc1cc(/C=C/c2nc(C(=O)Sc3ccc(F)cc3)nc(N(C)C)n2)cc(C)c1O. The summed E-state index contributed by atoms with van der Waals surface area (Å²) in [5.41, 5.74) is 2.42. The number of aryl methyl sites for hydroxylation is 2. The first-order valence-corrected chi connectivity index (χ1v) is 9.94. The molecule has 1 N–H and O–H groups in total. The van der Waals surface area contributed by atoms with Gasteiger partial charge in [0.2, 0.25) is 11.8 Å². The number of nitrogens with zero attached hydrogens (tertiary/aromatic N) is 4. The van der Waals surface area contributed by atoms with Crippen LogP contribution in [0.5, 0.6) is 5.75 Å². The number of aromatic hydroxyl groups is 1. The molecule has 1 aromatic heterocycles. The highest BCUT2D eigenvalue weighted by Gasteiger charge is 2.16. The molecule has 0 saturated carbocycles. The summed E-state index contributed by atoms with van der Waals surface area (Å²) >= 11 is 0.926. The Hall–Kier alpha value is -3.26. The van der Waals surface area contributed by atoms with Crippen LogP contribution in [0.15, 0.2) is 41.3 Å². The van der Waals surface area contributed by atoms with Crippen molar-refractivity contribution in [3.8, 4) is 5.75 Å². The predicted octanol–water partition coefficient (Wildman–Crippen LogP) is 4.50. The molecule has 3 rings (SSSR count). The summed E-state index contributed by atoms with van der Waals surface area (Å²) in [6.07, 6.45) is 3.51. The Morgan fingerprint density at radius 3 is 2.27 bits per heavy atom. The van der Waals surface area contributed by atoms with E-state index >= 15 is 0 Å². The van der Waals surface area contributed by atoms with E-state index in [0.717, 1.165) is 28.5 Å². The summed E-state index contributed by atoms with van der Waals surface area (Å²) in [6.45, 7) is 3.66. The fourth-order valence-corrected chi connectivity index (χ4v) is 3.33. The van der Waals surface area contributed by atoms with Crippen LogP contribution in [-0.2, 0) is 0 Å². The second-order valence-corrected chi connectivity index (χ2v) is 7.94. The largest absolute Gasteiger partial charge is 0.507 e. The van der Waals surface area contributed by atoms with E-state index < -0.39 is 0 Å². The van der Waals surface area contributed by atoms with Gasteiger partial charge in [0.15, 0.2) is 5.82 Å². The lowest BCUT2D eigenvalue weighted by Gasteiger charge is -2.11. The first-order chi connectivity index (χ1) is 14.2. The Bertz CT molecular complexity index is 1090. The molecule has 0 bridgehead atoms. The van der Waals surface area contributed by atoms with Gasteiger partial charge in [0.1, 0.15) is 11.6 Å². The van der Waals surface area contributed by atoms with Gasteiger partial charge in [-0.2, -0.15) is 9.97 Å². The summed E-state index contributed by atoms with van der Waals surface area (Å²) in [5, 5.41) is 9.56. The van der Waals surface area contributed by atoms with Gasteiger partial charge in [-0.3, -0.25) is 4.79 Å². The van der Waals surface area contributed by atoms with Crippen molar-refractivity contribution in [3.63, 3.8) is 0 Å². The van der Waals surface area contributed by atoms with E-state index in [1.54, 1.807) is 25.1 Å². The van der Waals surface area contributed by atoms with Gasteiger partial charge in [-0.05, 0) is 84.8 Å². The van der Waals surface area contributed by atoms with Crippen molar-refractivity contribution in [1.29, 1.82) is 0 Å². The number of anilines is 1. The van der Waals surface area contributed by atoms with Crippen molar-refractivity contribution in [3.05, 3.63) is 70.6 Å². The second-order valence-electron chi connectivity index (χ2n) is 6.89. The molecule has 0 atom stereocenters. The third-order valence-electron chi connectivity index (χ3n) is 4.19. The van der Waals surface area contributed by atoms with Crippen LogP contribution < -0.4 is 4.90 Å². The van der Waals surface area contributed by atoms with Crippen molar-refractivity contribution in [1.82, 2.24) is 15.0 Å². The zero-order valence-electron chi connectivity index (χ0n) is 17.0. The van der Waals surface area contributed by atoms with E-state index in [1.807, 2.05) is 32.1 Å². The summed E-state index contributed by atoms with van der Waals surface area (Å²) < 4.78 is 13.1. The molecule has 8 heteroatoms. The molecule has 0 fully saturated rings. The van der Waals surface area contributed by atoms with Gasteiger partial charge in [-0.1, -0.05) is 6.08 Å². The van der Waals surface area contributed by atoms with Crippen LogP contribution in [-0.4, -0.2) is 39.3 Å². The molecule has 0 aliphatic rings. The number of hydrogen-bond acceptors (Lipinski definition) is 7. The van der Waals surface area contributed by atoms with Crippen LogP contribution in [0.25, 0.3) is 12.2 Å². The number of thioether (sulfide) groups is 1. The number of carbonyl (C=O) groups excluding carboxylic acids is 1. The number of hydrogen-bond donors (Lipinski definition) is 1. The zero-order chi connectivity index (χ0) is 21.8. The number of carbonyl (C=O) groups is 1. The molecule has 154 valence electrons. The Morgan fingerprint density at radius 2 is 1.67 bits per heavy atom. The topological polar surface area (TPSA) is 79.2 Å². The minimum atomic E-state index is -0.367. The molecule has 6 nitrogen and oxygen atoms in total. The predicted molar refractivity (Wildman–Crippen MR) is 117 cm³/mol. The number of halogens is 1. The highest BCUT2D eigenvalue weighted by molar-refractivity contribution is 8.14. The molecule has 0 unspecified atom stereocenters. The number of phenolic OH excluding ortho intramolecular Hbond substituents is 1. The zero-order valence-corrected chi connectivity index (χ0v) is 17.9. The number of phenols is 1. The van der Waals surface area contributed by atoms with Crippen LogP contribution in [0.1, 0.15) is 33.1 Å². The van der Waals surface area contributed by atoms with Gasteiger partial charge in [0.25, 0.3) is 5.12 Å². The van der Waals surface area contributed by atoms with Gasteiger partial charge in [-0.15, -0.1) is 0 Å². The van der Waals surface area contributed by atoms with E-state index in [0.29, 0.717) is 16.7 Å². The summed E-state index contributed by atoms with van der Waals surface area (Å²) in [4.78, 5) is 27.8. The van der Waals surface area contributed by atoms with E-state index in [2.05, 4.69) is 15.0 Å². The first kappa shape index (κ1) is 21.4. The molecule has 0 spiro atoms. The normalized spacial score (nSPS) is 11.1. The molecule has 0 aliphatic carbocycles. The number of benzene rings is 2. The van der Waals surface area contributed by atoms with Gasteiger partial charge in [0.05, 0.1) is 0 Å². The van der Waals surface area contributed by atoms with E-state index in [9.17, 15) is 14.3 Å². The fraction of sp³-hybridized carbons (Fsp3) is 0.182. The molecule has 2 aromatic carbocycles. The van der Waals surface area contributed by atoms with Gasteiger partial charge in [-0.25, -0.2) is 9.37 Å². The van der Waals surface area contributed by atoms with Crippen molar-refractivity contribution in [2.24, 2.45) is 0 Å². The monoisotopic (exact) mass is 424 g/mol. The smallest absolute Gasteiger partial charge is 0.261 e. The van der Waals surface area contributed by atoms with Crippen molar-refractivity contribution in [2.75, 3.05) is 19.0 Å². The van der Waals surface area contributed by atoms with Crippen LogP contribution in [0.2, 0.25) is 0 Å². The molecular formula is C22H21FN4O2S. The number of aromatic nitrogens is 3. The quantitative estimate of drug-likeness (QED) is 0.604. The van der Waals surface area contributed by atoms with Crippen LogP contribution in [0.4, 0.5) is 10.3 Å². The molecule has 3 aromatic rings. The Balaban J connectivity index is 1.90. The van der Waals surface area contributed by atoms with Crippen LogP contribution in [0.3, 0.4) is 0 Å². The molecule has 0 radical (unpaired) electrons. The summed E-state index contributed by atoms with van der Waals surface area (Å²) in [7, 11) is 3.55. The highest BCUT2D eigenvalue weighted by atomic mass is 32.2. The van der Waals surface area contributed by atoms with Crippen molar-refractivity contribution >= 4 is 35.0 Å². The Labute approximate surface area is 178 Å². The standard InChI is InChI=1S/C22H21FN4O2S/c1-13-11-15(12-14(2)19(13)28)5-10-18-24-20(26-22(25-18)27(3)4)21(29)30-17-8-6-16(23)7-9-17/h5-12,28H,1-4H3/b10-5+. The third kappa shape index (κ3) is 5.21. The Morgan fingerprint density at radius 1 is 1.03 bits per heavy atom. The maximum Gasteiger partial charge on any atom is 0.261 e. The maximum atomic E-state index is 13.1. The Kier molecular flexibility index (Phi) is 6.47. The minimum Gasteiger partial charge on any atom is -0.507 e.